The summed E-state index contributed by atoms with van der Waals surface area (Å²) in [4.78, 5) is 2.79. The molecule has 0 radical (unpaired) electrons. The van der Waals surface area contributed by atoms with E-state index in [1.807, 2.05) is 0 Å². The van der Waals surface area contributed by atoms with Crippen molar-refractivity contribution in [3.8, 4) is 0 Å². The van der Waals surface area contributed by atoms with Gasteiger partial charge in [0.15, 0.2) is 9.84 Å². The van der Waals surface area contributed by atoms with Crippen LogP contribution in [-0.4, -0.2) is 13.7 Å². The summed E-state index contributed by atoms with van der Waals surface area (Å²) in [5, 5.41) is 2.87. The molecule has 5 nitrogen and oxygen atoms in total. The lowest BCUT2D eigenvalue weighted by Crippen LogP contribution is -2.13. The highest BCUT2D eigenvalue weighted by Crippen LogP contribution is 2.21. The van der Waals surface area contributed by atoms with Crippen LogP contribution in [0.3, 0.4) is 0 Å². The first-order valence-corrected chi connectivity index (χ1v) is 5.92. The van der Waals surface area contributed by atoms with Crippen LogP contribution >= 0.6 is 0 Å². The molecule has 0 aliphatic carbocycles. The smallest absolute Gasteiger partial charge is 0.180 e. The maximum absolute atomic E-state index is 11.8. The van der Waals surface area contributed by atoms with Crippen LogP contribution in [0.25, 0.3) is 10.4 Å². The summed E-state index contributed by atoms with van der Waals surface area (Å²) in [5.74, 6) is 0. The lowest BCUT2D eigenvalue weighted by Gasteiger charge is -2.07. The van der Waals surface area contributed by atoms with Gasteiger partial charge in [0.25, 0.3) is 0 Å². The Morgan fingerprint density at radius 2 is 2.07 bits per heavy atom. The van der Waals surface area contributed by atoms with Crippen LogP contribution in [0, 0.1) is 0 Å². The van der Waals surface area contributed by atoms with Gasteiger partial charge in [-0.15, -0.1) is 0 Å². The quantitative estimate of drug-likeness (QED) is 0.450. The third-order valence-corrected chi connectivity index (χ3v) is 4.08. The number of sulfone groups is 1. The maximum Gasteiger partial charge on any atom is 0.180 e. The largest absolute Gasteiger partial charge is 0.223 e. The molecule has 1 aromatic carbocycles. The molecular weight excluding hydrogens is 214 g/mol. The average molecular weight is 225 g/mol. The van der Waals surface area contributed by atoms with E-state index in [4.69, 9.17) is 5.53 Å². The van der Waals surface area contributed by atoms with Crippen LogP contribution in [0.2, 0.25) is 0 Å². The topological polar surface area (TPSA) is 82.9 Å². The fraction of sp³-hybridized carbons (Fsp3) is 0.333. The van der Waals surface area contributed by atoms with E-state index in [9.17, 15) is 8.42 Å². The molecule has 15 heavy (non-hydrogen) atoms. The molecule has 0 atom stereocenters. The minimum atomic E-state index is -3.30. The third-order valence-electron chi connectivity index (χ3n) is 1.93. The Labute approximate surface area is 88.3 Å². The van der Waals surface area contributed by atoms with Crippen LogP contribution in [-0.2, 0) is 9.84 Å². The van der Waals surface area contributed by atoms with E-state index in [0.29, 0.717) is 5.69 Å². The summed E-state index contributed by atoms with van der Waals surface area (Å²) < 4.78 is 23.5. The lowest BCUT2D eigenvalue weighted by atomic mass is 10.3. The second-order valence-corrected chi connectivity index (χ2v) is 5.78. The lowest BCUT2D eigenvalue weighted by molar-refractivity contribution is 0.587. The van der Waals surface area contributed by atoms with Crippen molar-refractivity contribution in [2.75, 3.05) is 0 Å². The molecular formula is C9H11N3O2S. The molecule has 0 aliphatic rings. The molecule has 0 spiro atoms. The first-order valence-electron chi connectivity index (χ1n) is 4.37. The van der Waals surface area contributed by atoms with Gasteiger partial charge in [-0.1, -0.05) is 17.2 Å². The fourth-order valence-corrected chi connectivity index (χ4v) is 2.14. The Kier molecular flexibility index (Phi) is 3.34. The van der Waals surface area contributed by atoms with Crippen molar-refractivity contribution in [1.29, 1.82) is 0 Å². The van der Waals surface area contributed by atoms with Gasteiger partial charge in [0.05, 0.1) is 10.1 Å². The molecule has 0 bridgehead atoms. The van der Waals surface area contributed by atoms with E-state index in [0.717, 1.165) is 0 Å². The molecule has 1 rings (SSSR count). The SMILES string of the molecule is CC(C)S(=O)(=O)c1cccc(N=[N+]=[N-])c1. The van der Waals surface area contributed by atoms with E-state index in [1.54, 1.807) is 26.0 Å². The number of benzene rings is 1. The molecule has 6 heteroatoms. The molecule has 0 fully saturated rings. The zero-order valence-corrected chi connectivity index (χ0v) is 9.27. The highest BCUT2D eigenvalue weighted by Gasteiger charge is 2.18. The van der Waals surface area contributed by atoms with Crippen molar-refractivity contribution >= 4 is 15.5 Å². The minimum absolute atomic E-state index is 0.183. The summed E-state index contributed by atoms with van der Waals surface area (Å²) in [6.45, 7) is 3.21. The monoisotopic (exact) mass is 225 g/mol. The average Bonchev–Trinajstić information content (AvgIpc) is 2.18. The summed E-state index contributed by atoms with van der Waals surface area (Å²) in [7, 11) is -3.30. The number of azide groups is 1. The van der Waals surface area contributed by atoms with Crippen LogP contribution in [0.5, 0.6) is 0 Å². The standard InChI is InChI=1S/C9H11N3O2S/c1-7(2)15(13,14)9-5-3-4-8(6-9)11-12-10/h3-7H,1-2H3. The molecule has 1 aromatic rings. The zero-order valence-electron chi connectivity index (χ0n) is 8.45. The van der Waals surface area contributed by atoms with Crippen LogP contribution in [0.15, 0.2) is 34.3 Å². The molecule has 0 aliphatic heterocycles. The summed E-state index contributed by atoms with van der Waals surface area (Å²) in [5.41, 5.74) is 8.54. The van der Waals surface area contributed by atoms with Crippen molar-refractivity contribution in [2.24, 2.45) is 5.11 Å². The number of hydrogen-bond donors (Lipinski definition) is 0. The van der Waals surface area contributed by atoms with Gasteiger partial charge < -0.3 is 0 Å². The molecule has 0 unspecified atom stereocenters. The van der Waals surface area contributed by atoms with Gasteiger partial charge >= 0.3 is 0 Å². The van der Waals surface area contributed by atoms with E-state index in [1.165, 1.54) is 12.1 Å². The predicted molar refractivity (Wildman–Crippen MR) is 57.6 cm³/mol. The molecule has 0 N–H and O–H groups in total. The van der Waals surface area contributed by atoms with Crippen LogP contribution in [0.4, 0.5) is 5.69 Å². The number of nitrogens with zero attached hydrogens (tertiary/aromatic N) is 3. The van der Waals surface area contributed by atoms with Gasteiger partial charge in [-0.3, -0.25) is 0 Å². The van der Waals surface area contributed by atoms with Gasteiger partial charge in [-0.05, 0) is 31.5 Å². The second kappa shape index (κ2) is 4.33. The highest BCUT2D eigenvalue weighted by atomic mass is 32.2. The van der Waals surface area contributed by atoms with Crippen molar-refractivity contribution in [2.45, 2.75) is 24.0 Å². The van der Waals surface area contributed by atoms with Gasteiger partial charge in [0, 0.05) is 10.6 Å². The fourth-order valence-electron chi connectivity index (χ4n) is 1.05. The van der Waals surface area contributed by atoms with Crippen molar-refractivity contribution in [3.05, 3.63) is 34.7 Å². The molecule has 80 valence electrons. The van der Waals surface area contributed by atoms with Crippen LogP contribution in [0.1, 0.15) is 13.8 Å². The maximum atomic E-state index is 11.8. The van der Waals surface area contributed by atoms with Gasteiger partial charge in [0.1, 0.15) is 0 Å². The molecule has 0 amide bonds. The second-order valence-electron chi connectivity index (χ2n) is 3.28. The van der Waals surface area contributed by atoms with Crippen LogP contribution < -0.4 is 0 Å². The Morgan fingerprint density at radius 1 is 1.40 bits per heavy atom. The number of rotatable bonds is 3. The molecule has 0 heterocycles. The summed E-state index contributed by atoms with van der Waals surface area (Å²) in [6, 6.07) is 5.97. The first kappa shape index (κ1) is 11.6. The third kappa shape index (κ3) is 2.49. The Balaban J connectivity index is 3.28. The van der Waals surface area contributed by atoms with Gasteiger partial charge in [0.2, 0.25) is 0 Å². The Morgan fingerprint density at radius 3 is 2.60 bits per heavy atom. The van der Waals surface area contributed by atoms with Gasteiger partial charge in [-0.25, -0.2) is 8.42 Å². The van der Waals surface area contributed by atoms with E-state index in [-0.39, 0.29) is 4.90 Å². The van der Waals surface area contributed by atoms with Crippen molar-refractivity contribution in [3.63, 3.8) is 0 Å². The van der Waals surface area contributed by atoms with Crippen molar-refractivity contribution < 1.29 is 8.42 Å². The first-order chi connectivity index (χ1) is 6.98. The van der Waals surface area contributed by atoms with Gasteiger partial charge in [-0.2, -0.15) is 0 Å². The van der Waals surface area contributed by atoms with E-state index in [2.05, 4.69) is 10.0 Å². The van der Waals surface area contributed by atoms with E-state index >= 15 is 0 Å². The number of hydrogen-bond acceptors (Lipinski definition) is 3. The highest BCUT2D eigenvalue weighted by molar-refractivity contribution is 7.92. The predicted octanol–water partition coefficient (Wildman–Crippen LogP) is 2.81. The van der Waals surface area contributed by atoms with Crippen molar-refractivity contribution in [1.82, 2.24) is 0 Å². The molecule has 0 saturated heterocycles. The zero-order chi connectivity index (χ0) is 11.5. The van der Waals surface area contributed by atoms with E-state index < -0.39 is 15.1 Å². The Bertz CT molecular complexity index is 502. The Hall–Kier alpha value is -1.52. The summed E-state index contributed by atoms with van der Waals surface area (Å²) in [6.07, 6.45) is 0. The molecule has 0 saturated carbocycles. The molecule has 0 aromatic heterocycles. The summed E-state index contributed by atoms with van der Waals surface area (Å²) >= 11 is 0. The normalized spacial score (nSPS) is 11.1. The minimum Gasteiger partial charge on any atom is -0.223 e.